The van der Waals surface area contributed by atoms with E-state index in [2.05, 4.69) is 24.9 Å². The van der Waals surface area contributed by atoms with E-state index in [0.29, 0.717) is 49.5 Å². The van der Waals surface area contributed by atoms with Crippen molar-refractivity contribution in [2.24, 2.45) is 0 Å². The molecule has 13 heteroatoms. The Bertz CT molecular complexity index is 783. The van der Waals surface area contributed by atoms with Crippen LogP contribution in [0.25, 0.3) is 5.65 Å². The monoisotopic (exact) mass is 412 g/mol. The minimum absolute atomic E-state index is 0.00793. The highest BCUT2D eigenvalue weighted by atomic mass is 19.4. The molecule has 1 aliphatic rings. The number of ether oxygens (including phenoxy) is 1. The van der Waals surface area contributed by atoms with Crippen LogP contribution < -0.4 is 4.90 Å². The minimum Gasteiger partial charge on any atom is -0.372 e. The molecular weight excluding hydrogens is 394 g/mol. The van der Waals surface area contributed by atoms with Crippen LogP contribution in [0.4, 0.5) is 32.2 Å². The number of piperazine rings is 1. The molecule has 1 saturated heterocycles. The van der Waals surface area contributed by atoms with Crippen LogP contribution in [0.2, 0.25) is 0 Å². The Hall–Kier alpha value is -2.15. The summed E-state index contributed by atoms with van der Waals surface area (Å²) in [5.74, 6) is -0.798. The van der Waals surface area contributed by atoms with Gasteiger partial charge in [-0.3, -0.25) is 4.90 Å². The van der Waals surface area contributed by atoms with E-state index in [1.54, 1.807) is 6.07 Å². The van der Waals surface area contributed by atoms with E-state index in [4.69, 9.17) is 0 Å². The van der Waals surface area contributed by atoms with Crippen LogP contribution >= 0.6 is 0 Å². The lowest BCUT2D eigenvalue weighted by atomic mass is 10.3. The average Bonchev–Trinajstić information content (AvgIpc) is 3.04. The summed E-state index contributed by atoms with van der Waals surface area (Å²) in [6.45, 7) is 1.66. The lowest BCUT2D eigenvalue weighted by Crippen LogP contribution is -2.47. The summed E-state index contributed by atoms with van der Waals surface area (Å²) in [6.07, 6.45) is -8.51. The summed E-state index contributed by atoms with van der Waals surface area (Å²) >= 11 is 0. The van der Waals surface area contributed by atoms with Crippen molar-refractivity contribution >= 4 is 11.5 Å². The van der Waals surface area contributed by atoms with E-state index in [9.17, 15) is 26.3 Å². The van der Waals surface area contributed by atoms with Gasteiger partial charge in [0.2, 0.25) is 0 Å². The highest BCUT2D eigenvalue weighted by Gasteiger charge is 2.38. The summed E-state index contributed by atoms with van der Waals surface area (Å²) in [4.78, 5) is 3.90. The van der Waals surface area contributed by atoms with Crippen LogP contribution in [0.15, 0.2) is 12.1 Å². The standard InChI is InChI=1S/C15H18F6N6O/c16-14(17,18)10-28-9-1-4-25-5-7-26(8-6-25)12-3-2-11-22-23-13(15(19,20)21)27(11)24-12/h2-3H,1,4-10H2. The molecule has 0 radical (unpaired) electrons. The van der Waals surface area contributed by atoms with Gasteiger partial charge in [0.1, 0.15) is 12.4 Å². The zero-order chi connectivity index (χ0) is 20.4. The smallest absolute Gasteiger partial charge is 0.372 e. The third-order valence-corrected chi connectivity index (χ3v) is 4.23. The van der Waals surface area contributed by atoms with Gasteiger partial charge in [-0.05, 0) is 18.6 Å². The van der Waals surface area contributed by atoms with Crippen LogP contribution in [0.5, 0.6) is 0 Å². The van der Waals surface area contributed by atoms with Crippen LogP contribution in [-0.4, -0.2) is 76.8 Å². The fraction of sp³-hybridized carbons (Fsp3) is 0.667. The second kappa shape index (κ2) is 8.07. The van der Waals surface area contributed by atoms with Crippen molar-refractivity contribution in [2.75, 3.05) is 50.8 Å². The zero-order valence-corrected chi connectivity index (χ0v) is 14.7. The van der Waals surface area contributed by atoms with E-state index in [-0.39, 0.29) is 12.3 Å². The van der Waals surface area contributed by atoms with Gasteiger partial charge < -0.3 is 9.64 Å². The van der Waals surface area contributed by atoms with Crippen molar-refractivity contribution < 1.29 is 31.1 Å². The molecule has 3 heterocycles. The van der Waals surface area contributed by atoms with Gasteiger partial charge in [0.25, 0.3) is 5.82 Å². The molecule has 0 spiro atoms. The predicted octanol–water partition coefficient (Wildman–Crippen LogP) is 2.23. The van der Waals surface area contributed by atoms with Gasteiger partial charge in [0.05, 0.1) is 0 Å². The van der Waals surface area contributed by atoms with Gasteiger partial charge in [0.15, 0.2) is 5.65 Å². The topological polar surface area (TPSA) is 58.8 Å². The first-order chi connectivity index (χ1) is 13.1. The normalized spacial score (nSPS) is 16.9. The van der Waals surface area contributed by atoms with Crippen molar-refractivity contribution in [2.45, 2.75) is 18.8 Å². The Morgan fingerprint density at radius 2 is 1.68 bits per heavy atom. The number of alkyl halides is 6. The second-order valence-electron chi connectivity index (χ2n) is 6.33. The van der Waals surface area contributed by atoms with Gasteiger partial charge in [-0.25, -0.2) is 0 Å². The zero-order valence-electron chi connectivity index (χ0n) is 14.7. The molecule has 7 nitrogen and oxygen atoms in total. The Balaban J connectivity index is 1.51. The maximum Gasteiger partial charge on any atom is 0.453 e. The molecule has 156 valence electrons. The van der Waals surface area contributed by atoms with Crippen molar-refractivity contribution in [3.05, 3.63) is 18.0 Å². The molecule has 3 rings (SSSR count). The molecule has 0 bridgehead atoms. The van der Waals surface area contributed by atoms with E-state index in [1.165, 1.54) is 6.07 Å². The van der Waals surface area contributed by atoms with Crippen molar-refractivity contribution in [3.8, 4) is 0 Å². The number of halogens is 6. The van der Waals surface area contributed by atoms with Crippen molar-refractivity contribution in [1.29, 1.82) is 0 Å². The first kappa shape index (κ1) is 20.6. The SMILES string of the molecule is FC(F)(F)COCCCN1CCN(c2ccc3nnc(C(F)(F)F)n3n2)CC1. The van der Waals surface area contributed by atoms with E-state index < -0.39 is 24.8 Å². The number of nitrogens with zero attached hydrogens (tertiary/aromatic N) is 6. The number of aromatic nitrogens is 4. The maximum atomic E-state index is 13.0. The van der Waals surface area contributed by atoms with Crippen LogP contribution in [0.3, 0.4) is 0 Å². The van der Waals surface area contributed by atoms with Gasteiger partial charge in [-0.2, -0.15) is 30.9 Å². The number of rotatable bonds is 6. The molecule has 0 aromatic carbocycles. The molecule has 1 aliphatic heterocycles. The first-order valence-electron chi connectivity index (χ1n) is 8.55. The van der Waals surface area contributed by atoms with Crippen LogP contribution in [-0.2, 0) is 10.9 Å². The Morgan fingerprint density at radius 1 is 0.964 bits per heavy atom. The number of hydrogen-bond donors (Lipinski definition) is 0. The van der Waals surface area contributed by atoms with Gasteiger partial charge in [0, 0.05) is 39.3 Å². The van der Waals surface area contributed by atoms with E-state index >= 15 is 0 Å². The average molecular weight is 412 g/mol. The molecule has 0 amide bonds. The largest absolute Gasteiger partial charge is 0.453 e. The van der Waals surface area contributed by atoms with Crippen LogP contribution in [0.1, 0.15) is 12.2 Å². The minimum atomic E-state index is -4.65. The van der Waals surface area contributed by atoms with Crippen LogP contribution in [0, 0.1) is 0 Å². The predicted molar refractivity (Wildman–Crippen MR) is 85.9 cm³/mol. The van der Waals surface area contributed by atoms with Gasteiger partial charge in [-0.15, -0.1) is 15.3 Å². The first-order valence-corrected chi connectivity index (χ1v) is 8.55. The lowest BCUT2D eigenvalue weighted by molar-refractivity contribution is -0.174. The third-order valence-electron chi connectivity index (χ3n) is 4.23. The molecule has 0 saturated carbocycles. The number of hydrogen-bond acceptors (Lipinski definition) is 6. The summed E-state index contributed by atoms with van der Waals surface area (Å²) in [6, 6.07) is 3.01. The maximum absolute atomic E-state index is 13.0. The van der Waals surface area contributed by atoms with Crippen molar-refractivity contribution in [3.63, 3.8) is 0 Å². The molecule has 1 fully saturated rings. The lowest BCUT2D eigenvalue weighted by Gasteiger charge is -2.35. The quantitative estimate of drug-likeness (QED) is 0.536. The molecule has 2 aromatic rings. The Morgan fingerprint density at radius 3 is 2.32 bits per heavy atom. The molecule has 2 aromatic heterocycles. The molecule has 0 N–H and O–H groups in total. The summed E-state index contributed by atoms with van der Waals surface area (Å²) in [5, 5.41) is 10.6. The number of anilines is 1. The molecule has 0 aliphatic carbocycles. The number of fused-ring (bicyclic) bond motifs is 1. The van der Waals surface area contributed by atoms with E-state index in [1.807, 2.05) is 4.90 Å². The molecule has 0 atom stereocenters. The van der Waals surface area contributed by atoms with Gasteiger partial charge in [-0.1, -0.05) is 0 Å². The molecular formula is C15H18F6N6O. The highest BCUT2D eigenvalue weighted by Crippen LogP contribution is 2.28. The Labute approximate surface area is 155 Å². The summed E-state index contributed by atoms with van der Waals surface area (Å²) in [5.41, 5.74) is 0.00793. The molecule has 0 unspecified atom stereocenters. The van der Waals surface area contributed by atoms with Gasteiger partial charge >= 0.3 is 12.4 Å². The summed E-state index contributed by atoms with van der Waals surface area (Å²) in [7, 11) is 0. The molecule has 28 heavy (non-hydrogen) atoms. The highest BCUT2D eigenvalue weighted by molar-refractivity contribution is 5.46. The fourth-order valence-electron chi connectivity index (χ4n) is 2.90. The third kappa shape index (κ3) is 5.22. The van der Waals surface area contributed by atoms with Crippen molar-refractivity contribution in [1.82, 2.24) is 24.7 Å². The Kier molecular flexibility index (Phi) is 5.93. The second-order valence-corrected chi connectivity index (χ2v) is 6.33. The van der Waals surface area contributed by atoms with E-state index in [0.717, 1.165) is 0 Å². The summed E-state index contributed by atoms with van der Waals surface area (Å²) < 4.78 is 80.1. The fourth-order valence-corrected chi connectivity index (χ4v) is 2.90.